The highest BCUT2D eigenvalue weighted by atomic mass is 15.2. The van der Waals surface area contributed by atoms with Crippen LogP contribution in [0.15, 0.2) is 30.3 Å². The lowest BCUT2D eigenvalue weighted by molar-refractivity contribution is 0.215. The molecule has 2 N–H and O–H groups in total. The molecule has 1 aromatic carbocycles. The molecule has 0 bridgehead atoms. The molecule has 2 rings (SSSR count). The maximum atomic E-state index is 5.63. The third kappa shape index (κ3) is 4.14. The summed E-state index contributed by atoms with van der Waals surface area (Å²) in [5.74, 6) is 0.712. The van der Waals surface area contributed by atoms with Crippen molar-refractivity contribution in [1.29, 1.82) is 0 Å². The molecule has 1 aromatic rings. The van der Waals surface area contributed by atoms with Gasteiger partial charge in [-0.15, -0.1) is 0 Å². The molecular formula is C15H24N2. The Morgan fingerprint density at radius 1 is 1.29 bits per heavy atom. The molecule has 0 saturated heterocycles. The second-order valence-electron chi connectivity index (χ2n) is 5.33. The molecule has 0 amide bonds. The van der Waals surface area contributed by atoms with E-state index in [1.54, 1.807) is 0 Å². The fraction of sp³-hybridized carbons (Fsp3) is 0.600. The number of nitrogens with two attached hydrogens (primary N) is 1. The molecule has 94 valence electrons. The first-order chi connectivity index (χ1) is 8.29. The van der Waals surface area contributed by atoms with Crippen molar-refractivity contribution in [3.8, 4) is 0 Å². The molecule has 0 spiro atoms. The van der Waals surface area contributed by atoms with Crippen molar-refractivity contribution in [2.24, 2.45) is 11.7 Å². The van der Waals surface area contributed by atoms with Crippen molar-refractivity contribution < 1.29 is 0 Å². The molecule has 0 aromatic heterocycles. The normalized spacial score (nSPS) is 17.4. The average molecular weight is 232 g/mol. The van der Waals surface area contributed by atoms with Crippen LogP contribution in [0.4, 0.5) is 0 Å². The third-order valence-electron chi connectivity index (χ3n) is 3.50. The summed E-state index contributed by atoms with van der Waals surface area (Å²) in [6.45, 7) is 5.41. The summed E-state index contributed by atoms with van der Waals surface area (Å²) in [4.78, 5) is 2.63. The topological polar surface area (TPSA) is 29.3 Å². The van der Waals surface area contributed by atoms with Gasteiger partial charge >= 0.3 is 0 Å². The smallest absolute Gasteiger partial charge is 0.0236 e. The van der Waals surface area contributed by atoms with Gasteiger partial charge in [-0.2, -0.15) is 0 Å². The summed E-state index contributed by atoms with van der Waals surface area (Å²) < 4.78 is 0. The van der Waals surface area contributed by atoms with E-state index in [4.69, 9.17) is 5.73 Å². The van der Waals surface area contributed by atoms with Gasteiger partial charge in [0.05, 0.1) is 0 Å². The van der Waals surface area contributed by atoms with Crippen LogP contribution in [0.5, 0.6) is 0 Å². The standard InChI is InChI=1S/C15H24N2/c1-13(9-10-16)11-17(15-7-8-15)12-14-5-3-2-4-6-14/h2-6,13,15H,7-12,16H2,1H3. The van der Waals surface area contributed by atoms with E-state index in [1.165, 1.54) is 24.9 Å². The summed E-state index contributed by atoms with van der Waals surface area (Å²) in [6.07, 6.45) is 3.89. The first kappa shape index (κ1) is 12.6. The van der Waals surface area contributed by atoms with Crippen molar-refractivity contribution in [3.63, 3.8) is 0 Å². The minimum atomic E-state index is 0.712. The van der Waals surface area contributed by atoms with Gasteiger partial charge in [-0.05, 0) is 37.3 Å². The van der Waals surface area contributed by atoms with Crippen LogP contribution >= 0.6 is 0 Å². The van der Waals surface area contributed by atoms with Gasteiger partial charge < -0.3 is 5.73 Å². The molecular weight excluding hydrogens is 208 g/mol. The maximum absolute atomic E-state index is 5.63. The van der Waals surface area contributed by atoms with Crippen molar-refractivity contribution in [2.75, 3.05) is 13.1 Å². The van der Waals surface area contributed by atoms with E-state index >= 15 is 0 Å². The number of benzene rings is 1. The molecule has 1 atom stereocenters. The predicted molar refractivity (Wildman–Crippen MR) is 72.7 cm³/mol. The van der Waals surface area contributed by atoms with Crippen LogP contribution in [-0.4, -0.2) is 24.0 Å². The third-order valence-corrected chi connectivity index (χ3v) is 3.50. The SMILES string of the molecule is CC(CCN)CN(Cc1ccccc1)C1CC1. The predicted octanol–water partition coefficient (Wildman–Crippen LogP) is 2.64. The van der Waals surface area contributed by atoms with Gasteiger partial charge in [-0.25, -0.2) is 0 Å². The van der Waals surface area contributed by atoms with E-state index in [0.29, 0.717) is 5.92 Å². The van der Waals surface area contributed by atoms with E-state index in [9.17, 15) is 0 Å². The number of hydrogen-bond donors (Lipinski definition) is 1. The zero-order chi connectivity index (χ0) is 12.1. The Morgan fingerprint density at radius 2 is 2.00 bits per heavy atom. The van der Waals surface area contributed by atoms with Crippen LogP contribution in [0.25, 0.3) is 0 Å². The molecule has 1 unspecified atom stereocenters. The average Bonchev–Trinajstić information content (AvgIpc) is 3.14. The highest BCUT2D eigenvalue weighted by Gasteiger charge is 2.29. The van der Waals surface area contributed by atoms with E-state index in [0.717, 1.165) is 25.6 Å². The molecule has 1 fully saturated rings. The van der Waals surface area contributed by atoms with E-state index in [1.807, 2.05) is 0 Å². The minimum Gasteiger partial charge on any atom is -0.330 e. The molecule has 1 aliphatic carbocycles. The Kier molecular flexibility index (Phi) is 4.57. The lowest BCUT2D eigenvalue weighted by Gasteiger charge is -2.25. The molecule has 17 heavy (non-hydrogen) atoms. The summed E-state index contributed by atoms with van der Waals surface area (Å²) in [7, 11) is 0. The van der Waals surface area contributed by atoms with Crippen LogP contribution in [0.1, 0.15) is 31.7 Å². The van der Waals surface area contributed by atoms with Gasteiger partial charge in [0, 0.05) is 19.1 Å². The van der Waals surface area contributed by atoms with Crippen LogP contribution in [0, 0.1) is 5.92 Å². The van der Waals surface area contributed by atoms with Crippen molar-refractivity contribution in [1.82, 2.24) is 4.90 Å². The van der Waals surface area contributed by atoms with Crippen LogP contribution in [0.2, 0.25) is 0 Å². The summed E-state index contributed by atoms with van der Waals surface area (Å²) >= 11 is 0. The lowest BCUT2D eigenvalue weighted by Crippen LogP contribution is -2.31. The number of nitrogens with zero attached hydrogens (tertiary/aromatic N) is 1. The Hall–Kier alpha value is -0.860. The molecule has 1 saturated carbocycles. The summed E-state index contributed by atoms with van der Waals surface area (Å²) in [6, 6.07) is 11.6. The first-order valence-electron chi connectivity index (χ1n) is 6.77. The summed E-state index contributed by atoms with van der Waals surface area (Å²) in [5, 5.41) is 0. The minimum absolute atomic E-state index is 0.712. The van der Waals surface area contributed by atoms with Gasteiger partial charge in [-0.1, -0.05) is 37.3 Å². The Bertz CT molecular complexity index is 319. The molecule has 2 heteroatoms. The van der Waals surface area contributed by atoms with Crippen molar-refractivity contribution >= 4 is 0 Å². The second kappa shape index (κ2) is 6.18. The molecule has 1 aliphatic rings. The van der Waals surface area contributed by atoms with Gasteiger partial charge in [0.15, 0.2) is 0 Å². The molecule has 0 heterocycles. The van der Waals surface area contributed by atoms with Gasteiger partial charge in [0.2, 0.25) is 0 Å². The zero-order valence-corrected chi connectivity index (χ0v) is 10.8. The Balaban J connectivity index is 1.89. The van der Waals surface area contributed by atoms with E-state index in [2.05, 4.69) is 42.2 Å². The summed E-state index contributed by atoms with van der Waals surface area (Å²) in [5.41, 5.74) is 7.06. The molecule has 2 nitrogen and oxygen atoms in total. The highest BCUT2D eigenvalue weighted by Crippen LogP contribution is 2.29. The van der Waals surface area contributed by atoms with Gasteiger partial charge in [0.25, 0.3) is 0 Å². The Morgan fingerprint density at radius 3 is 2.59 bits per heavy atom. The number of rotatable bonds is 7. The zero-order valence-electron chi connectivity index (χ0n) is 10.8. The largest absolute Gasteiger partial charge is 0.330 e. The van der Waals surface area contributed by atoms with Crippen LogP contribution in [0.3, 0.4) is 0 Å². The molecule has 0 aliphatic heterocycles. The maximum Gasteiger partial charge on any atom is 0.0236 e. The fourth-order valence-electron chi connectivity index (χ4n) is 2.38. The van der Waals surface area contributed by atoms with Crippen LogP contribution in [-0.2, 0) is 6.54 Å². The van der Waals surface area contributed by atoms with E-state index in [-0.39, 0.29) is 0 Å². The number of hydrogen-bond acceptors (Lipinski definition) is 2. The van der Waals surface area contributed by atoms with Gasteiger partial charge in [0.1, 0.15) is 0 Å². The van der Waals surface area contributed by atoms with Crippen LogP contribution < -0.4 is 5.73 Å². The van der Waals surface area contributed by atoms with Crippen molar-refractivity contribution in [2.45, 2.75) is 38.8 Å². The first-order valence-corrected chi connectivity index (χ1v) is 6.77. The quantitative estimate of drug-likeness (QED) is 0.783. The fourth-order valence-corrected chi connectivity index (χ4v) is 2.38. The lowest BCUT2D eigenvalue weighted by atomic mass is 10.1. The molecule has 0 radical (unpaired) electrons. The highest BCUT2D eigenvalue weighted by molar-refractivity contribution is 5.14. The Labute approximate surface area is 105 Å². The van der Waals surface area contributed by atoms with Crippen molar-refractivity contribution in [3.05, 3.63) is 35.9 Å². The second-order valence-corrected chi connectivity index (χ2v) is 5.33. The monoisotopic (exact) mass is 232 g/mol. The van der Waals surface area contributed by atoms with Gasteiger partial charge in [-0.3, -0.25) is 4.90 Å². The van der Waals surface area contributed by atoms with E-state index < -0.39 is 0 Å².